The maximum absolute atomic E-state index is 11.7. The monoisotopic (exact) mass is 249 g/mol. The Morgan fingerprint density at radius 2 is 2.56 bits per heavy atom. The Hall–Kier alpha value is -1.62. The highest BCUT2D eigenvalue weighted by molar-refractivity contribution is 5.91. The Labute approximate surface area is 107 Å². The zero-order chi connectivity index (χ0) is 13.0. The first-order chi connectivity index (χ1) is 8.65. The van der Waals surface area contributed by atoms with E-state index in [4.69, 9.17) is 4.74 Å². The highest BCUT2D eigenvalue weighted by atomic mass is 16.5. The van der Waals surface area contributed by atoms with Crippen LogP contribution in [0.25, 0.3) is 6.08 Å². The van der Waals surface area contributed by atoms with Crippen molar-refractivity contribution in [2.24, 2.45) is 7.05 Å². The summed E-state index contributed by atoms with van der Waals surface area (Å²) in [5, 5.41) is 6.95. The Bertz CT molecular complexity index is 433. The van der Waals surface area contributed by atoms with Crippen molar-refractivity contribution in [1.82, 2.24) is 15.1 Å². The molecule has 0 spiro atoms. The Morgan fingerprint density at radius 1 is 1.72 bits per heavy atom. The molecule has 0 saturated carbocycles. The van der Waals surface area contributed by atoms with E-state index in [2.05, 4.69) is 10.4 Å². The van der Waals surface area contributed by atoms with Gasteiger partial charge in [0.05, 0.1) is 18.3 Å². The molecule has 1 N–H and O–H groups in total. The van der Waals surface area contributed by atoms with Crippen molar-refractivity contribution in [3.63, 3.8) is 0 Å². The van der Waals surface area contributed by atoms with E-state index < -0.39 is 0 Å². The topological polar surface area (TPSA) is 56.2 Å². The van der Waals surface area contributed by atoms with Gasteiger partial charge in [0.2, 0.25) is 5.91 Å². The Kier molecular flexibility index (Phi) is 4.15. The molecule has 0 aromatic carbocycles. The van der Waals surface area contributed by atoms with Crippen molar-refractivity contribution in [2.75, 3.05) is 6.61 Å². The summed E-state index contributed by atoms with van der Waals surface area (Å²) in [5.74, 6) is -0.0955. The zero-order valence-electron chi connectivity index (χ0n) is 10.8. The smallest absolute Gasteiger partial charge is 0.244 e. The molecule has 1 aliphatic rings. The molecule has 0 bridgehead atoms. The Morgan fingerprint density at radius 3 is 3.17 bits per heavy atom. The van der Waals surface area contributed by atoms with E-state index in [1.807, 2.05) is 20.2 Å². The summed E-state index contributed by atoms with van der Waals surface area (Å²) in [7, 11) is 1.84. The summed E-state index contributed by atoms with van der Waals surface area (Å²) < 4.78 is 7.23. The van der Waals surface area contributed by atoms with Crippen LogP contribution in [0.15, 0.2) is 18.5 Å². The molecule has 1 aliphatic heterocycles. The summed E-state index contributed by atoms with van der Waals surface area (Å²) in [6.45, 7) is 2.78. The van der Waals surface area contributed by atoms with Gasteiger partial charge in [-0.25, -0.2) is 0 Å². The van der Waals surface area contributed by atoms with Crippen molar-refractivity contribution >= 4 is 12.0 Å². The summed E-state index contributed by atoms with van der Waals surface area (Å²) in [5.41, 5.74) is 0.914. The number of aryl methyl sites for hydroxylation is 1. The second-order valence-electron chi connectivity index (χ2n) is 4.63. The normalized spacial score (nSPS) is 21.3. The minimum atomic E-state index is -0.0955. The van der Waals surface area contributed by atoms with E-state index in [-0.39, 0.29) is 18.1 Å². The van der Waals surface area contributed by atoms with Crippen LogP contribution in [0, 0.1) is 0 Å². The highest BCUT2D eigenvalue weighted by Crippen LogP contribution is 2.15. The molecule has 18 heavy (non-hydrogen) atoms. The minimum absolute atomic E-state index is 0.0542. The van der Waals surface area contributed by atoms with Crippen LogP contribution in [0.3, 0.4) is 0 Å². The van der Waals surface area contributed by atoms with E-state index in [9.17, 15) is 4.79 Å². The summed E-state index contributed by atoms with van der Waals surface area (Å²) in [6, 6.07) is 0.0542. The number of ether oxygens (including phenoxy) is 1. The van der Waals surface area contributed by atoms with E-state index in [0.717, 1.165) is 25.0 Å². The van der Waals surface area contributed by atoms with Crippen LogP contribution in [0.4, 0.5) is 0 Å². The quantitative estimate of drug-likeness (QED) is 0.813. The second kappa shape index (κ2) is 5.82. The third-order valence-electron chi connectivity index (χ3n) is 3.04. The highest BCUT2D eigenvalue weighted by Gasteiger charge is 2.22. The molecular weight excluding hydrogens is 230 g/mol. The number of nitrogens with one attached hydrogen (secondary N) is 1. The number of carbonyl (C=O) groups excluding carboxylic acids is 1. The minimum Gasteiger partial charge on any atom is -0.376 e. The van der Waals surface area contributed by atoms with Crippen molar-refractivity contribution < 1.29 is 9.53 Å². The van der Waals surface area contributed by atoms with Crippen LogP contribution in [-0.2, 0) is 16.6 Å². The fraction of sp³-hybridized carbons (Fsp3) is 0.538. The first kappa shape index (κ1) is 12.8. The molecule has 5 heteroatoms. The fourth-order valence-corrected chi connectivity index (χ4v) is 2.06. The molecule has 0 radical (unpaired) electrons. The molecule has 1 fully saturated rings. The lowest BCUT2D eigenvalue weighted by atomic mass is 10.1. The van der Waals surface area contributed by atoms with Crippen molar-refractivity contribution in [3.8, 4) is 0 Å². The van der Waals surface area contributed by atoms with Crippen LogP contribution in [0.1, 0.15) is 25.3 Å². The average Bonchev–Trinajstić information content (AvgIpc) is 2.97. The van der Waals surface area contributed by atoms with Gasteiger partial charge in [-0.3, -0.25) is 9.48 Å². The largest absolute Gasteiger partial charge is 0.376 e. The van der Waals surface area contributed by atoms with Crippen LogP contribution < -0.4 is 5.32 Å². The fourth-order valence-electron chi connectivity index (χ4n) is 2.06. The van der Waals surface area contributed by atoms with E-state index in [0.29, 0.717) is 0 Å². The number of hydrogen-bond acceptors (Lipinski definition) is 3. The molecule has 1 aromatic rings. The van der Waals surface area contributed by atoms with Gasteiger partial charge in [0.15, 0.2) is 0 Å². The maximum atomic E-state index is 11.7. The van der Waals surface area contributed by atoms with Gasteiger partial charge in [-0.1, -0.05) is 0 Å². The second-order valence-corrected chi connectivity index (χ2v) is 4.63. The standard InChI is InChI=1S/C13H19N3O2/c1-10(12-4-3-7-18-12)15-13(17)6-5-11-8-14-16(2)9-11/h5-6,8-10,12H,3-4,7H2,1-2H3,(H,15,17)/b6-5+/t10-,12+/m0/s1. The third-order valence-corrected chi connectivity index (χ3v) is 3.04. The average molecular weight is 249 g/mol. The van der Waals surface area contributed by atoms with Crippen LogP contribution >= 0.6 is 0 Å². The lowest BCUT2D eigenvalue weighted by Gasteiger charge is -2.18. The lowest BCUT2D eigenvalue weighted by molar-refractivity contribution is -0.117. The first-order valence-corrected chi connectivity index (χ1v) is 6.24. The predicted octanol–water partition coefficient (Wildman–Crippen LogP) is 1.12. The van der Waals surface area contributed by atoms with E-state index in [1.54, 1.807) is 17.0 Å². The molecular formula is C13H19N3O2. The van der Waals surface area contributed by atoms with Gasteiger partial charge < -0.3 is 10.1 Å². The van der Waals surface area contributed by atoms with Crippen molar-refractivity contribution in [1.29, 1.82) is 0 Å². The molecule has 0 aliphatic carbocycles. The maximum Gasteiger partial charge on any atom is 0.244 e. The van der Waals surface area contributed by atoms with Gasteiger partial charge >= 0.3 is 0 Å². The molecule has 98 valence electrons. The van der Waals surface area contributed by atoms with Crippen LogP contribution in [0.2, 0.25) is 0 Å². The zero-order valence-corrected chi connectivity index (χ0v) is 10.8. The van der Waals surface area contributed by atoms with Crippen molar-refractivity contribution in [2.45, 2.75) is 31.9 Å². The van der Waals surface area contributed by atoms with Gasteiger partial charge in [0.1, 0.15) is 0 Å². The number of aromatic nitrogens is 2. The van der Waals surface area contributed by atoms with E-state index >= 15 is 0 Å². The summed E-state index contributed by atoms with van der Waals surface area (Å²) in [6.07, 6.45) is 9.11. The number of hydrogen-bond donors (Lipinski definition) is 1. The molecule has 2 heterocycles. The number of carbonyl (C=O) groups is 1. The van der Waals surface area contributed by atoms with Crippen molar-refractivity contribution in [3.05, 3.63) is 24.0 Å². The van der Waals surface area contributed by atoms with Crippen LogP contribution in [-0.4, -0.2) is 34.4 Å². The number of amides is 1. The Balaban J connectivity index is 1.82. The van der Waals surface area contributed by atoms with Gasteiger partial charge in [0, 0.05) is 31.5 Å². The van der Waals surface area contributed by atoms with Gasteiger partial charge in [-0.15, -0.1) is 0 Å². The molecule has 1 saturated heterocycles. The molecule has 0 unspecified atom stereocenters. The number of rotatable bonds is 4. The lowest BCUT2D eigenvalue weighted by Crippen LogP contribution is -2.39. The van der Waals surface area contributed by atoms with E-state index in [1.165, 1.54) is 6.08 Å². The van der Waals surface area contributed by atoms with Crippen LogP contribution in [0.5, 0.6) is 0 Å². The molecule has 1 amide bonds. The molecule has 2 rings (SSSR count). The molecule has 1 aromatic heterocycles. The van der Waals surface area contributed by atoms with Gasteiger partial charge in [-0.05, 0) is 25.8 Å². The summed E-state index contributed by atoms with van der Waals surface area (Å²) >= 11 is 0. The first-order valence-electron chi connectivity index (χ1n) is 6.24. The number of nitrogens with zero attached hydrogens (tertiary/aromatic N) is 2. The van der Waals surface area contributed by atoms with Gasteiger partial charge in [-0.2, -0.15) is 5.10 Å². The predicted molar refractivity (Wildman–Crippen MR) is 68.8 cm³/mol. The third kappa shape index (κ3) is 3.43. The molecule has 2 atom stereocenters. The molecule has 5 nitrogen and oxygen atoms in total. The van der Waals surface area contributed by atoms with Gasteiger partial charge in [0.25, 0.3) is 0 Å². The summed E-state index contributed by atoms with van der Waals surface area (Å²) in [4.78, 5) is 11.7. The SMILES string of the molecule is C[C@H](NC(=O)/C=C/c1cnn(C)c1)[C@H]1CCCO1.